The zero-order valence-electron chi connectivity index (χ0n) is 17.6. The molecule has 170 valence electrons. The minimum absolute atomic E-state index is 0.0251. The molecule has 0 spiro atoms. The maximum absolute atomic E-state index is 12.6. The molecule has 0 aliphatic carbocycles. The van der Waals surface area contributed by atoms with Gasteiger partial charge < -0.3 is 20.1 Å². The molecule has 0 unspecified atom stereocenters. The van der Waals surface area contributed by atoms with Crippen molar-refractivity contribution < 1.29 is 22.7 Å². The van der Waals surface area contributed by atoms with Gasteiger partial charge in [0.25, 0.3) is 10.0 Å². The van der Waals surface area contributed by atoms with Gasteiger partial charge in [-0.2, -0.15) is 15.0 Å². The maximum atomic E-state index is 12.6. The number of ether oxygens (including phenoxy) is 2. The van der Waals surface area contributed by atoms with Crippen LogP contribution in [0.1, 0.15) is 5.82 Å². The van der Waals surface area contributed by atoms with E-state index in [4.69, 9.17) is 15.2 Å². The third-order valence-corrected chi connectivity index (χ3v) is 7.27. The standard InChI is InChI=1S/C19H22N6O5S2/c1-24(2)19-22-15(21-18(20)23-19)11-30-16(26)12-29-14-8-6-13(7-9-14)25(3)32(27,28)17-5-4-10-31-17/h4-10H,11-12H2,1-3H3,(H2,20,21,22,23). The van der Waals surface area contributed by atoms with Crippen LogP contribution in [0.2, 0.25) is 0 Å². The Balaban J connectivity index is 1.53. The lowest BCUT2D eigenvalue weighted by atomic mass is 10.3. The van der Waals surface area contributed by atoms with E-state index in [0.29, 0.717) is 17.4 Å². The second-order valence-corrected chi connectivity index (χ2v) is 9.80. The number of nitrogens with two attached hydrogens (primary N) is 1. The molecular formula is C19H22N6O5S2. The zero-order valence-corrected chi connectivity index (χ0v) is 19.3. The summed E-state index contributed by atoms with van der Waals surface area (Å²) in [6.07, 6.45) is 0. The number of esters is 1. The van der Waals surface area contributed by atoms with E-state index in [1.807, 2.05) is 0 Å². The average Bonchev–Trinajstić information content (AvgIpc) is 3.31. The summed E-state index contributed by atoms with van der Waals surface area (Å²) < 4.78 is 37.1. The van der Waals surface area contributed by atoms with Crippen molar-refractivity contribution in [3.05, 3.63) is 47.6 Å². The predicted molar refractivity (Wildman–Crippen MR) is 120 cm³/mol. The van der Waals surface area contributed by atoms with Crippen LogP contribution in [0.3, 0.4) is 0 Å². The molecule has 32 heavy (non-hydrogen) atoms. The van der Waals surface area contributed by atoms with Gasteiger partial charge in [0.1, 0.15) is 9.96 Å². The predicted octanol–water partition coefficient (Wildman–Crippen LogP) is 1.53. The molecule has 0 aliphatic heterocycles. The summed E-state index contributed by atoms with van der Waals surface area (Å²) in [7, 11) is 1.34. The van der Waals surface area contributed by atoms with Gasteiger partial charge >= 0.3 is 5.97 Å². The van der Waals surface area contributed by atoms with Crippen LogP contribution >= 0.6 is 11.3 Å². The van der Waals surface area contributed by atoms with Gasteiger partial charge in [-0.25, -0.2) is 13.2 Å². The molecule has 0 bridgehead atoms. The number of nitrogens with zero attached hydrogens (tertiary/aromatic N) is 5. The molecule has 11 nitrogen and oxygen atoms in total. The molecule has 0 amide bonds. The molecule has 2 N–H and O–H groups in total. The first-order chi connectivity index (χ1) is 15.2. The monoisotopic (exact) mass is 478 g/mol. The third kappa shape index (κ3) is 5.62. The van der Waals surface area contributed by atoms with E-state index in [-0.39, 0.29) is 29.2 Å². The first-order valence-electron chi connectivity index (χ1n) is 9.25. The first kappa shape index (κ1) is 23.2. The van der Waals surface area contributed by atoms with E-state index in [1.165, 1.54) is 11.4 Å². The number of carbonyl (C=O) groups excluding carboxylic acids is 1. The Morgan fingerprint density at radius 3 is 2.44 bits per heavy atom. The van der Waals surface area contributed by atoms with Gasteiger partial charge in [0, 0.05) is 21.1 Å². The quantitative estimate of drug-likeness (QED) is 0.450. The molecule has 1 aromatic carbocycles. The summed E-state index contributed by atoms with van der Waals surface area (Å²) in [5.74, 6) is 0.348. The summed E-state index contributed by atoms with van der Waals surface area (Å²) in [5.41, 5.74) is 6.09. The van der Waals surface area contributed by atoms with Crippen LogP contribution in [0.15, 0.2) is 46.0 Å². The van der Waals surface area contributed by atoms with E-state index >= 15 is 0 Å². The van der Waals surface area contributed by atoms with Crippen molar-refractivity contribution in [2.24, 2.45) is 0 Å². The molecule has 0 radical (unpaired) electrons. The minimum Gasteiger partial charge on any atom is -0.482 e. The molecule has 3 aromatic rings. The summed E-state index contributed by atoms with van der Waals surface area (Å²) in [5, 5.41) is 1.70. The fourth-order valence-electron chi connectivity index (χ4n) is 2.45. The Kier molecular flexibility index (Phi) is 7.10. The van der Waals surface area contributed by atoms with Crippen LogP contribution in [0.4, 0.5) is 17.6 Å². The minimum atomic E-state index is -3.62. The van der Waals surface area contributed by atoms with Crippen LogP contribution in [0, 0.1) is 0 Å². The SMILES string of the molecule is CN(C)c1nc(N)nc(COC(=O)COc2ccc(N(C)S(=O)(=O)c3cccs3)cc2)n1. The molecule has 0 saturated carbocycles. The van der Waals surface area contributed by atoms with E-state index < -0.39 is 16.0 Å². The van der Waals surface area contributed by atoms with Crippen LogP contribution in [-0.4, -0.2) is 57.1 Å². The summed E-state index contributed by atoms with van der Waals surface area (Å²) in [4.78, 5) is 25.7. The van der Waals surface area contributed by atoms with Crippen molar-refractivity contribution in [1.82, 2.24) is 15.0 Å². The van der Waals surface area contributed by atoms with Gasteiger partial charge in [-0.15, -0.1) is 11.3 Å². The lowest BCUT2D eigenvalue weighted by molar-refractivity contribution is -0.147. The van der Waals surface area contributed by atoms with E-state index in [1.54, 1.807) is 60.8 Å². The Morgan fingerprint density at radius 2 is 1.81 bits per heavy atom. The van der Waals surface area contributed by atoms with Crippen molar-refractivity contribution >= 4 is 44.9 Å². The molecule has 13 heteroatoms. The highest BCUT2D eigenvalue weighted by molar-refractivity contribution is 7.94. The van der Waals surface area contributed by atoms with E-state index in [2.05, 4.69) is 15.0 Å². The largest absolute Gasteiger partial charge is 0.482 e. The van der Waals surface area contributed by atoms with Crippen molar-refractivity contribution in [1.29, 1.82) is 0 Å². The molecule has 0 atom stereocenters. The normalized spacial score (nSPS) is 11.1. The van der Waals surface area contributed by atoms with Gasteiger partial charge in [-0.3, -0.25) is 4.31 Å². The van der Waals surface area contributed by atoms with Gasteiger partial charge in [0.05, 0.1) is 5.69 Å². The van der Waals surface area contributed by atoms with Crippen LogP contribution in [0.25, 0.3) is 0 Å². The second kappa shape index (κ2) is 9.78. The molecule has 2 heterocycles. The number of hydrogen-bond donors (Lipinski definition) is 1. The fraction of sp³-hybridized carbons (Fsp3) is 0.263. The number of aromatic nitrogens is 3. The van der Waals surface area contributed by atoms with Crippen LogP contribution in [-0.2, 0) is 26.2 Å². The first-order valence-corrected chi connectivity index (χ1v) is 11.6. The Labute approximate surface area is 189 Å². The molecule has 2 aromatic heterocycles. The second-order valence-electron chi connectivity index (χ2n) is 6.65. The molecule has 0 aliphatic rings. The number of thiophene rings is 1. The average molecular weight is 479 g/mol. The molecule has 0 fully saturated rings. The maximum Gasteiger partial charge on any atom is 0.344 e. The smallest absolute Gasteiger partial charge is 0.344 e. The van der Waals surface area contributed by atoms with Crippen molar-refractivity contribution in [3.63, 3.8) is 0 Å². The van der Waals surface area contributed by atoms with Gasteiger partial charge in [-0.1, -0.05) is 6.07 Å². The highest BCUT2D eigenvalue weighted by atomic mass is 32.2. The van der Waals surface area contributed by atoms with E-state index in [9.17, 15) is 13.2 Å². The topological polar surface area (TPSA) is 141 Å². The number of sulfonamides is 1. The van der Waals surface area contributed by atoms with Gasteiger partial charge in [0.15, 0.2) is 19.0 Å². The Morgan fingerprint density at radius 1 is 1.09 bits per heavy atom. The lowest BCUT2D eigenvalue weighted by Gasteiger charge is -2.18. The van der Waals surface area contributed by atoms with Crippen molar-refractivity contribution in [2.45, 2.75) is 10.8 Å². The van der Waals surface area contributed by atoms with Crippen molar-refractivity contribution in [3.8, 4) is 5.75 Å². The summed E-state index contributed by atoms with van der Waals surface area (Å²) in [6.45, 7) is -0.524. The lowest BCUT2D eigenvalue weighted by Crippen LogP contribution is -2.25. The number of rotatable bonds is 9. The third-order valence-electron chi connectivity index (χ3n) is 4.12. The van der Waals surface area contributed by atoms with Crippen LogP contribution < -0.4 is 19.7 Å². The molecule has 3 rings (SSSR count). The summed E-state index contributed by atoms with van der Waals surface area (Å²) >= 11 is 1.15. The number of hydrogen-bond acceptors (Lipinski definition) is 11. The Bertz CT molecular complexity index is 1170. The van der Waals surface area contributed by atoms with E-state index in [0.717, 1.165) is 11.3 Å². The molecule has 0 saturated heterocycles. The number of nitrogen functional groups attached to an aromatic ring is 1. The highest BCUT2D eigenvalue weighted by Crippen LogP contribution is 2.26. The highest BCUT2D eigenvalue weighted by Gasteiger charge is 2.22. The summed E-state index contributed by atoms with van der Waals surface area (Å²) in [6, 6.07) is 9.53. The van der Waals surface area contributed by atoms with Gasteiger partial charge in [0.2, 0.25) is 11.9 Å². The zero-order chi connectivity index (χ0) is 23.3. The van der Waals surface area contributed by atoms with Crippen molar-refractivity contribution in [2.75, 3.05) is 42.7 Å². The molecular weight excluding hydrogens is 456 g/mol. The van der Waals surface area contributed by atoms with Gasteiger partial charge in [-0.05, 0) is 35.7 Å². The fourth-order valence-corrected chi connectivity index (χ4v) is 4.81. The number of carbonyl (C=O) groups is 1. The number of benzene rings is 1. The Hall–Kier alpha value is -3.45. The van der Waals surface area contributed by atoms with Crippen LogP contribution in [0.5, 0.6) is 5.75 Å². The number of anilines is 3.